The molecule has 2 N–H and O–H groups in total. The van der Waals surface area contributed by atoms with E-state index in [0.717, 1.165) is 25.1 Å². The smallest absolute Gasteiger partial charge is 0.228 e. The summed E-state index contributed by atoms with van der Waals surface area (Å²) >= 11 is 0. The molecule has 130 valence electrons. The van der Waals surface area contributed by atoms with Crippen LogP contribution in [-0.2, 0) is 9.59 Å². The zero-order valence-electron chi connectivity index (χ0n) is 14.1. The Morgan fingerprint density at radius 2 is 2.17 bits per heavy atom. The molecule has 0 saturated carbocycles. The van der Waals surface area contributed by atoms with Gasteiger partial charge in [-0.1, -0.05) is 12.1 Å². The quantitative estimate of drug-likeness (QED) is 0.884. The monoisotopic (exact) mass is 331 g/mol. The molecular formula is C18H25N3O3. The zero-order chi connectivity index (χ0) is 17.1. The topological polar surface area (TPSA) is 75.9 Å². The number of nitrogens with zero attached hydrogens (tertiary/aromatic N) is 2. The molecule has 2 aliphatic rings. The van der Waals surface area contributed by atoms with E-state index in [9.17, 15) is 9.59 Å². The van der Waals surface area contributed by atoms with Gasteiger partial charge in [0.15, 0.2) is 0 Å². The maximum atomic E-state index is 12.8. The number of benzene rings is 1. The van der Waals surface area contributed by atoms with Gasteiger partial charge in [-0.3, -0.25) is 9.59 Å². The SMILES string of the molecule is CCOc1ccccc1N1CC(C(=O)N2CCCC2CN)CC1=O. The van der Waals surface area contributed by atoms with Gasteiger partial charge in [-0.2, -0.15) is 0 Å². The first-order valence-electron chi connectivity index (χ1n) is 8.68. The van der Waals surface area contributed by atoms with E-state index in [4.69, 9.17) is 10.5 Å². The number of likely N-dealkylation sites (tertiary alicyclic amines) is 1. The van der Waals surface area contributed by atoms with Crippen molar-refractivity contribution in [3.05, 3.63) is 24.3 Å². The Bertz CT molecular complexity index is 619. The van der Waals surface area contributed by atoms with Crippen molar-refractivity contribution in [2.45, 2.75) is 32.2 Å². The molecule has 2 amide bonds. The summed E-state index contributed by atoms with van der Waals surface area (Å²) in [5, 5.41) is 0. The highest BCUT2D eigenvalue weighted by molar-refractivity contribution is 6.01. The fraction of sp³-hybridized carbons (Fsp3) is 0.556. The summed E-state index contributed by atoms with van der Waals surface area (Å²) in [6.45, 7) is 4.10. The normalized spacial score (nSPS) is 23.8. The third kappa shape index (κ3) is 3.11. The average molecular weight is 331 g/mol. The summed E-state index contributed by atoms with van der Waals surface area (Å²) in [5.74, 6) is 0.429. The molecule has 2 fully saturated rings. The van der Waals surface area contributed by atoms with E-state index < -0.39 is 0 Å². The second-order valence-electron chi connectivity index (χ2n) is 6.37. The Labute approximate surface area is 142 Å². The number of hydrogen-bond acceptors (Lipinski definition) is 4. The third-order valence-electron chi connectivity index (χ3n) is 4.86. The van der Waals surface area contributed by atoms with Crippen LogP contribution < -0.4 is 15.4 Å². The Balaban J connectivity index is 1.75. The second kappa shape index (κ2) is 7.21. The van der Waals surface area contributed by atoms with Gasteiger partial charge in [0.2, 0.25) is 11.8 Å². The lowest BCUT2D eigenvalue weighted by Gasteiger charge is -2.26. The molecule has 0 radical (unpaired) electrons. The molecule has 6 heteroatoms. The third-order valence-corrected chi connectivity index (χ3v) is 4.86. The molecule has 2 heterocycles. The minimum absolute atomic E-state index is 0.0241. The maximum absolute atomic E-state index is 12.8. The maximum Gasteiger partial charge on any atom is 0.228 e. The van der Waals surface area contributed by atoms with Crippen LogP contribution in [0.1, 0.15) is 26.2 Å². The fourth-order valence-electron chi connectivity index (χ4n) is 3.67. The number of rotatable bonds is 5. The number of carbonyl (C=O) groups excluding carboxylic acids is 2. The molecule has 0 spiro atoms. The van der Waals surface area contributed by atoms with E-state index in [1.807, 2.05) is 36.1 Å². The van der Waals surface area contributed by atoms with Gasteiger partial charge in [0, 0.05) is 32.1 Å². The Hall–Kier alpha value is -2.08. The van der Waals surface area contributed by atoms with Crippen molar-refractivity contribution in [1.29, 1.82) is 0 Å². The first kappa shape index (κ1) is 16.8. The van der Waals surface area contributed by atoms with Crippen LogP contribution in [0.3, 0.4) is 0 Å². The predicted molar refractivity (Wildman–Crippen MR) is 91.9 cm³/mol. The molecule has 2 saturated heterocycles. The minimum atomic E-state index is -0.292. The summed E-state index contributed by atoms with van der Waals surface area (Å²) < 4.78 is 5.62. The predicted octanol–water partition coefficient (Wildman–Crippen LogP) is 1.39. The molecule has 2 atom stereocenters. The fourth-order valence-corrected chi connectivity index (χ4v) is 3.67. The lowest BCUT2D eigenvalue weighted by molar-refractivity contribution is -0.136. The molecule has 3 rings (SSSR count). The van der Waals surface area contributed by atoms with Crippen molar-refractivity contribution in [3.63, 3.8) is 0 Å². The Morgan fingerprint density at radius 3 is 2.92 bits per heavy atom. The standard InChI is InChI=1S/C18H25N3O3/c1-2-24-16-8-4-3-7-15(16)21-12-13(10-17(21)22)18(23)20-9-5-6-14(20)11-19/h3-4,7-8,13-14H,2,5-6,9-12,19H2,1H3. The number of amides is 2. The van der Waals surface area contributed by atoms with Gasteiger partial charge in [-0.25, -0.2) is 0 Å². The molecule has 0 aliphatic carbocycles. The van der Waals surface area contributed by atoms with Crippen molar-refractivity contribution < 1.29 is 14.3 Å². The lowest BCUT2D eigenvalue weighted by atomic mass is 10.1. The summed E-state index contributed by atoms with van der Waals surface area (Å²) in [7, 11) is 0. The van der Waals surface area contributed by atoms with Crippen LogP contribution in [0.4, 0.5) is 5.69 Å². The minimum Gasteiger partial charge on any atom is -0.492 e. The van der Waals surface area contributed by atoms with Crippen LogP contribution in [0.2, 0.25) is 0 Å². The number of anilines is 1. The van der Waals surface area contributed by atoms with Gasteiger partial charge in [0.1, 0.15) is 5.75 Å². The molecule has 0 bridgehead atoms. The van der Waals surface area contributed by atoms with Crippen LogP contribution >= 0.6 is 0 Å². The van der Waals surface area contributed by atoms with Crippen molar-refractivity contribution in [2.24, 2.45) is 11.7 Å². The van der Waals surface area contributed by atoms with Gasteiger partial charge in [-0.05, 0) is 31.9 Å². The van der Waals surface area contributed by atoms with Gasteiger partial charge in [0.05, 0.1) is 18.2 Å². The van der Waals surface area contributed by atoms with Crippen molar-refractivity contribution in [3.8, 4) is 5.75 Å². The Kier molecular flexibility index (Phi) is 5.04. The first-order chi connectivity index (χ1) is 11.7. The number of nitrogens with two attached hydrogens (primary N) is 1. The molecule has 0 aromatic heterocycles. The van der Waals surface area contributed by atoms with Crippen LogP contribution in [-0.4, -0.2) is 49.0 Å². The van der Waals surface area contributed by atoms with E-state index >= 15 is 0 Å². The lowest BCUT2D eigenvalue weighted by Crippen LogP contribution is -2.43. The van der Waals surface area contributed by atoms with Gasteiger partial charge in [-0.15, -0.1) is 0 Å². The van der Waals surface area contributed by atoms with Crippen LogP contribution in [0.15, 0.2) is 24.3 Å². The van der Waals surface area contributed by atoms with Gasteiger partial charge >= 0.3 is 0 Å². The van der Waals surface area contributed by atoms with Crippen LogP contribution in [0.5, 0.6) is 5.75 Å². The Morgan fingerprint density at radius 1 is 1.38 bits per heavy atom. The largest absolute Gasteiger partial charge is 0.492 e. The number of ether oxygens (including phenoxy) is 1. The molecule has 1 aromatic carbocycles. The van der Waals surface area contributed by atoms with E-state index in [-0.39, 0.29) is 30.2 Å². The molecule has 24 heavy (non-hydrogen) atoms. The second-order valence-corrected chi connectivity index (χ2v) is 6.37. The van der Waals surface area contributed by atoms with Crippen molar-refractivity contribution >= 4 is 17.5 Å². The van der Waals surface area contributed by atoms with Crippen LogP contribution in [0.25, 0.3) is 0 Å². The van der Waals surface area contributed by atoms with E-state index in [2.05, 4.69) is 0 Å². The van der Waals surface area contributed by atoms with Gasteiger partial charge in [0.25, 0.3) is 0 Å². The zero-order valence-corrected chi connectivity index (χ0v) is 14.1. The van der Waals surface area contributed by atoms with E-state index in [0.29, 0.717) is 25.4 Å². The average Bonchev–Trinajstić information content (AvgIpc) is 3.21. The van der Waals surface area contributed by atoms with Crippen LogP contribution in [0, 0.1) is 5.92 Å². The molecule has 2 aliphatic heterocycles. The highest BCUT2D eigenvalue weighted by Gasteiger charge is 2.40. The molecule has 1 aromatic rings. The highest BCUT2D eigenvalue weighted by Crippen LogP contribution is 2.34. The van der Waals surface area contributed by atoms with E-state index in [1.54, 1.807) is 4.90 Å². The molecular weight excluding hydrogens is 306 g/mol. The summed E-state index contributed by atoms with van der Waals surface area (Å²) in [6, 6.07) is 7.61. The number of hydrogen-bond donors (Lipinski definition) is 1. The molecule has 2 unspecified atom stereocenters. The summed E-state index contributed by atoms with van der Waals surface area (Å²) in [4.78, 5) is 28.8. The first-order valence-corrected chi connectivity index (χ1v) is 8.68. The van der Waals surface area contributed by atoms with E-state index in [1.165, 1.54) is 0 Å². The summed E-state index contributed by atoms with van der Waals surface area (Å²) in [6.07, 6.45) is 2.21. The van der Waals surface area contributed by atoms with Crippen molar-refractivity contribution in [1.82, 2.24) is 4.90 Å². The van der Waals surface area contributed by atoms with Crippen molar-refractivity contribution in [2.75, 3.05) is 31.1 Å². The number of para-hydroxylation sites is 2. The molecule has 6 nitrogen and oxygen atoms in total. The van der Waals surface area contributed by atoms with Gasteiger partial charge < -0.3 is 20.3 Å². The highest BCUT2D eigenvalue weighted by atomic mass is 16.5. The number of carbonyl (C=O) groups is 2. The summed E-state index contributed by atoms with van der Waals surface area (Å²) in [5.41, 5.74) is 6.52.